The van der Waals surface area contributed by atoms with Crippen molar-refractivity contribution in [1.82, 2.24) is 15.2 Å². The largest absolute Gasteiger partial charge is 0.480 e. The van der Waals surface area contributed by atoms with E-state index in [0.717, 1.165) is 16.0 Å². The molecule has 1 aromatic heterocycles. The molecule has 0 radical (unpaired) electrons. The second kappa shape index (κ2) is 9.10. The molecule has 0 spiro atoms. The summed E-state index contributed by atoms with van der Waals surface area (Å²) in [6.45, 7) is 0.0681. The SMILES string of the molecule is O=C(Cc1ccccc1)N[C@@H]1C(=O)N2CC(Sc3ccncc3CCl)(C(=O)O)CS[C@H]12. The number of carboxylic acid groups (broad SMARTS) is 1. The van der Waals surface area contributed by atoms with Gasteiger partial charge >= 0.3 is 5.97 Å². The molecule has 3 atom stereocenters. The molecule has 2 aliphatic rings. The minimum Gasteiger partial charge on any atom is -0.480 e. The first-order valence-corrected chi connectivity index (χ1v) is 12.0. The van der Waals surface area contributed by atoms with E-state index in [1.54, 1.807) is 23.4 Å². The number of thioether (sulfide) groups is 2. The number of hydrogen-bond donors (Lipinski definition) is 2. The number of aliphatic carboxylic acids is 1. The van der Waals surface area contributed by atoms with Crippen molar-refractivity contribution >= 4 is 52.9 Å². The average Bonchev–Trinajstić information content (AvgIpc) is 2.78. The second-order valence-electron chi connectivity index (χ2n) is 7.39. The number of rotatable bonds is 7. The minimum absolute atomic E-state index is 0.0681. The molecule has 2 amide bonds. The van der Waals surface area contributed by atoms with Crippen LogP contribution in [-0.4, -0.2) is 61.2 Å². The van der Waals surface area contributed by atoms with Gasteiger partial charge in [0.25, 0.3) is 0 Å². The quantitative estimate of drug-likeness (QED) is 0.466. The van der Waals surface area contributed by atoms with Gasteiger partial charge in [-0.05, 0) is 17.2 Å². The van der Waals surface area contributed by atoms with Gasteiger partial charge in [-0.15, -0.1) is 35.1 Å². The number of amides is 2. The summed E-state index contributed by atoms with van der Waals surface area (Å²) in [4.78, 5) is 43.7. The summed E-state index contributed by atoms with van der Waals surface area (Å²) in [7, 11) is 0. The number of carbonyl (C=O) groups is 3. The number of pyridine rings is 1. The fourth-order valence-corrected chi connectivity index (χ4v) is 6.84. The van der Waals surface area contributed by atoms with Crippen molar-refractivity contribution in [3.63, 3.8) is 0 Å². The van der Waals surface area contributed by atoms with E-state index in [9.17, 15) is 19.5 Å². The average molecular weight is 478 g/mol. The van der Waals surface area contributed by atoms with Crippen molar-refractivity contribution < 1.29 is 19.5 Å². The van der Waals surface area contributed by atoms with Crippen LogP contribution in [0.2, 0.25) is 0 Å². The monoisotopic (exact) mass is 477 g/mol. The van der Waals surface area contributed by atoms with Crippen molar-refractivity contribution in [3.05, 3.63) is 59.9 Å². The van der Waals surface area contributed by atoms with Crippen molar-refractivity contribution in [3.8, 4) is 0 Å². The van der Waals surface area contributed by atoms with Crippen molar-refractivity contribution in [2.24, 2.45) is 0 Å². The van der Waals surface area contributed by atoms with Crippen LogP contribution < -0.4 is 5.32 Å². The smallest absolute Gasteiger partial charge is 0.322 e. The van der Waals surface area contributed by atoms with Crippen LogP contribution in [0.25, 0.3) is 0 Å². The topological polar surface area (TPSA) is 99.6 Å². The molecule has 2 aliphatic heterocycles. The molecule has 0 bridgehead atoms. The maximum atomic E-state index is 12.7. The Morgan fingerprint density at radius 3 is 2.81 bits per heavy atom. The third kappa shape index (κ3) is 4.40. The highest BCUT2D eigenvalue weighted by atomic mass is 35.5. The number of nitrogens with zero attached hydrogens (tertiary/aromatic N) is 2. The van der Waals surface area contributed by atoms with Gasteiger partial charge in [-0.25, -0.2) is 0 Å². The molecule has 31 heavy (non-hydrogen) atoms. The first-order chi connectivity index (χ1) is 14.9. The Morgan fingerprint density at radius 2 is 2.10 bits per heavy atom. The predicted octanol–water partition coefficient (Wildman–Crippen LogP) is 2.38. The molecular weight excluding hydrogens is 458 g/mol. The van der Waals surface area contributed by atoms with Gasteiger partial charge in [0.2, 0.25) is 11.8 Å². The standard InChI is InChI=1S/C21H20ClN3O4S2/c22-9-14-10-23-7-6-15(14)31-21(20(28)29)11-25-18(27)17(19(25)30-12-21)24-16(26)8-13-4-2-1-3-5-13/h1-7,10,17,19H,8-9,11-12H2,(H,24,26)(H,28,29)/t17-,19-,21?/m1/s1. The summed E-state index contributed by atoms with van der Waals surface area (Å²) in [5.74, 6) is -0.934. The maximum Gasteiger partial charge on any atom is 0.322 e. The number of fused-ring (bicyclic) bond motifs is 1. The molecule has 2 aromatic rings. The summed E-state index contributed by atoms with van der Waals surface area (Å²) >= 11 is 8.56. The van der Waals surface area contributed by atoms with E-state index in [2.05, 4.69) is 10.3 Å². The lowest BCUT2D eigenvalue weighted by molar-refractivity contribution is -0.152. The van der Waals surface area contributed by atoms with Crippen LogP contribution in [0.5, 0.6) is 0 Å². The molecule has 1 unspecified atom stereocenters. The van der Waals surface area contributed by atoms with Crippen LogP contribution in [0, 0.1) is 0 Å². The van der Waals surface area contributed by atoms with Gasteiger partial charge in [0.05, 0.1) is 6.42 Å². The summed E-state index contributed by atoms with van der Waals surface area (Å²) in [5.41, 5.74) is 1.62. The van der Waals surface area contributed by atoms with Gasteiger partial charge in [0, 0.05) is 35.5 Å². The van der Waals surface area contributed by atoms with E-state index in [4.69, 9.17) is 11.6 Å². The number of benzene rings is 1. The number of β-lactam (4-membered cyclic amide) rings is 1. The number of carbonyl (C=O) groups excluding carboxylic acids is 2. The van der Waals surface area contributed by atoms with E-state index in [1.165, 1.54) is 23.5 Å². The maximum absolute atomic E-state index is 12.7. The fourth-order valence-electron chi connectivity index (χ4n) is 3.62. The predicted molar refractivity (Wildman–Crippen MR) is 120 cm³/mol. The molecule has 0 saturated carbocycles. The Balaban J connectivity index is 1.43. The third-order valence-corrected chi connectivity index (χ3v) is 8.73. The van der Waals surface area contributed by atoms with Crippen LogP contribution in [0.1, 0.15) is 11.1 Å². The molecule has 3 heterocycles. The summed E-state index contributed by atoms with van der Waals surface area (Å²) in [6, 6.07) is 10.4. The number of halogens is 1. The van der Waals surface area contributed by atoms with Crippen LogP contribution in [-0.2, 0) is 26.7 Å². The lowest BCUT2D eigenvalue weighted by Gasteiger charge is -2.53. The van der Waals surface area contributed by atoms with Crippen LogP contribution >= 0.6 is 35.1 Å². The van der Waals surface area contributed by atoms with Crippen LogP contribution in [0.4, 0.5) is 0 Å². The minimum atomic E-state index is -1.20. The van der Waals surface area contributed by atoms with Crippen molar-refractivity contribution in [2.45, 2.75) is 33.4 Å². The van der Waals surface area contributed by atoms with Gasteiger partial charge in [0.1, 0.15) is 16.2 Å². The first-order valence-electron chi connectivity index (χ1n) is 9.60. The highest BCUT2D eigenvalue weighted by Gasteiger charge is 2.58. The normalized spacial score (nSPS) is 24.8. The zero-order valence-electron chi connectivity index (χ0n) is 16.4. The molecule has 10 heteroatoms. The Kier molecular flexibility index (Phi) is 6.45. The van der Waals surface area contributed by atoms with Crippen molar-refractivity contribution in [1.29, 1.82) is 0 Å². The van der Waals surface area contributed by atoms with Gasteiger partial charge in [-0.1, -0.05) is 30.3 Å². The van der Waals surface area contributed by atoms with E-state index < -0.39 is 16.8 Å². The molecule has 162 valence electrons. The van der Waals surface area contributed by atoms with Gasteiger partial charge < -0.3 is 15.3 Å². The Hall–Kier alpha value is -2.23. The molecule has 0 aliphatic carbocycles. The third-order valence-electron chi connectivity index (χ3n) is 5.28. The summed E-state index contributed by atoms with van der Waals surface area (Å²) in [6.07, 6.45) is 3.41. The summed E-state index contributed by atoms with van der Waals surface area (Å²) in [5, 5.41) is 12.6. The van der Waals surface area contributed by atoms with E-state index in [0.29, 0.717) is 5.75 Å². The number of alkyl halides is 1. The number of nitrogens with one attached hydrogen (secondary N) is 1. The first kappa shape index (κ1) is 22.0. The molecule has 2 saturated heterocycles. The highest BCUT2D eigenvalue weighted by Crippen LogP contribution is 2.47. The lowest BCUT2D eigenvalue weighted by atomic mass is 10.0. The van der Waals surface area contributed by atoms with Crippen molar-refractivity contribution in [2.75, 3.05) is 12.3 Å². The van der Waals surface area contributed by atoms with E-state index in [-0.39, 0.29) is 36.0 Å². The number of carboxylic acids is 1. The Morgan fingerprint density at radius 1 is 1.32 bits per heavy atom. The molecule has 4 rings (SSSR count). The van der Waals surface area contributed by atoms with Crippen LogP contribution in [0.3, 0.4) is 0 Å². The van der Waals surface area contributed by atoms with Gasteiger partial charge in [-0.3, -0.25) is 19.4 Å². The van der Waals surface area contributed by atoms with E-state index >= 15 is 0 Å². The second-order valence-corrected chi connectivity index (χ2v) is 10.2. The molecule has 7 nitrogen and oxygen atoms in total. The fraction of sp³-hybridized carbons (Fsp3) is 0.333. The highest BCUT2D eigenvalue weighted by molar-refractivity contribution is 8.05. The van der Waals surface area contributed by atoms with Gasteiger partial charge in [-0.2, -0.15) is 0 Å². The zero-order valence-corrected chi connectivity index (χ0v) is 18.8. The van der Waals surface area contributed by atoms with E-state index in [1.807, 2.05) is 30.3 Å². The number of hydrogen-bond acceptors (Lipinski definition) is 6. The Labute approximate surface area is 192 Å². The molecular formula is C21H20ClN3O4S2. The van der Waals surface area contributed by atoms with Crippen LogP contribution in [0.15, 0.2) is 53.7 Å². The van der Waals surface area contributed by atoms with Gasteiger partial charge in [0.15, 0.2) is 0 Å². The lowest BCUT2D eigenvalue weighted by Crippen LogP contribution is -2.74. The Bertz CT molecular complexity index is 1010. The molecule has 2 fully saturated rings. The molecule has 1 aromatic carbocycles. The molecule has 2 N–H and O–H groups in total. The zero-order chi connectivity index (χ0) is 22.0. The number of aromatic nitrogens is 1. The summed E-state index contributed by atoms with van der Waals surface area (Å²) < 4.78 is -1.20.